The molecule has 0 fully saturated rings. The Labute approximate surface area is 113 Å². The van der Waals surface area contributed by atoms with Crippen molar-refractivity contribution in [3.8, 4) is 0 Å². The van der Waals surface area contributed by atoms with E-state index in [0.717, 1.165) is 5.56 Å². The number of fused-ring (bicyclic) bond motifs is 1. The van der Waals surface area contributed by atoms with Crippen LogP contribution in [0.15, 0.2) is 16.7 Å². The van der Waals surface area contributed by atoms with Gasteiger partial charge in [-0.25, -0.2) is 9.97 Å². The summed E-state index contributed by atoms with van der Waals surface area (Å²) < 4.78 is 0.600. The van der Waals surface area contributed by atoms with Gasteiger partial charge in [0, 0.05) is 17.4 Å². The van der Waals surface area contributed by atoms with Gasteiger partial charge in [-0.1, -0.05) is 13.8 Å². The molecule has 6 heteroatoms. The van der Waals surface area contributed by atoms with Gasteiger partial charge in [-0.05, 0) is 34.5 Å². The number of rotatable bonds is 2. The first-order valence-electron chi connectivity index (χ1n) is 5.52. The average Bonchev–Trinajstić information content (AvgIpc) is 2.28. The van der Waals surface area contributed by atoms with E-state index in [1.807, 2.05) is 26.8 Å². The van der Waals surface area contributed by atoms with Gasteiger partial charge in [-0.3, -0.25) is 10.1 Å². The lowest BCUT2D eigenvalue weighted by Crippen LogP contribution is -2.01. The Bertz CT molecular complexity index is 641. The van der Waals surface area contributed by atoms with Crippen LogP contribution >= 0.6 is 15.9 Å². The zero-order valence-corrected chi connectivity index (χ0v) is 11.9. The van der Waals surface area contributed by atoms with E-state index in [2.05, 4.69) is 25.9 Å². The van der Waals surface area contributed by atoms with Gasteiger partial charge in [0.25, 0.3) is 5.69 Å². The number of aryl methyl sites for hydroxylation is 1. The molecule has 0 amide bonds. The van der Waals surface area contributed by atoms with E-state index < -0.39 is 4.92 Å². The second-order valence-corrected chi connectivity index (χ2v) is 5.22. The van der Waals surface area contributed by atoms with Crippen molar-refractivity contribution in [1.29, 1.82) is 0 Å². The van der Waals surface area contributed by atoms with Crippen LogP contribution in [0, 0.1) is 17.0 Å². The number of nitro groups is 1. The monoisotopic (exact) mass is 309 g/mol. The van der Waals surface area contributed by atoms with Gasteiger partial charge in [0.15, 0.2) is 5.52 Å². The summed E-state index contributed by atoms with van der Waals surface area (Å²) >= 11 is 3.36. The second-order valence-electron chi connectivity index (χ2n) is 4.46. The second kappa shape index (κ2) is 4.61. The van der Waals surface area contributed by atoms with E-state index >= 15 is 0 Å². The van der Waals surface area contributed by atoms with Crippen LogP contribution in [0.2, 0.25) is 0 Å². The minimum absolute atomic E-state index is 0.0231. The summed E-state index contributed by atoms with van der Waals surface area (Å²) in [5.74, 6) is 0.716. The quantitative estimate of drug-likeness (QED) is 0.481. The highest BCUT2D eigenvalue weighted by atomic mass is 79.9. The van der Waals surface area contributed by atoms with Crippen LogP contribution in [0.4, 0.5) is 5.69 Å². The molecule has 0 aliphatic carbocycles. The minimum atomic E-state index is -0.404. The van der Waals surface area contributed by atoms with E-state index in [4.69, 9.17) is 0 Å². The van der Waals surface area contributed by atoms with Crippen LogP contribution in [0.25, 0.3) is 10.9 Å². The van der Waals surface area contributed by atoms with E-state index in [9.17, 15) is 10.1 Å². The molecule has 0 saturated carbocycles. The van der Waals surface area contributed by atoms with Gasteiger partial charge in [0.05, 0.1) is 4.92 Å². The number of halogens is 1. The molecule has 1 aromatic heterocycles. The van der Waals surface area contributed by atoms with Crippen molar-refractivity contribution in [2.75, 3.05) is 0 Å². The van der Waals surface area contributed by atoms with Crippen molar-refractivity contribution in [3.05, 3.63) is 38.2 Å². The lowest BCUT2D eigenvalue weighted by Gasteiger charge is -2.08. The predicted octanol–water partition coefficient (Wildman–Crippen LogP) is 3.73. The SMILES string of the molecule is Cc1cc([N+](=O)[O-])c2nc(C(C)C)nc(Br)c2c1. The molecule has 1 heterocycles. The Morgan fingerprint density at radius 2 is 2.00 bits per heavy atom. The zero-order chi connectivity index (χ0) is 13.4. The van der Waals surface area contributed by atoms with Gasteiger partial charge in [-0.15, -0.1) is 0 Å². The fourth-order valence-electron chi connectivity index (χ4n) is 1.73. The van der Waals surface area contributed by atoms with Crippen LogP contribution in [-0.2, 0) is 0 Å². The molecule has 0 spiro atoms. The van der Waals surface area contributed by atoms with Crippen LogP contribution in [0.3, 0.4) is 0 Å². The molecule has 0 radical (unpaired) electrons. The Morgan fingerprint density at radius 1 is 1.33 bits per heavy atom. The van der Waals surface area contributed by atoms with Crippen LogP contribution < -0.4 is 0 Å². The molecule has 0 saturated heterocycles. The van der Waals surface area contributed by atoms with Crippen LogP contribution in [0.1, 0.15) is 31.2 Å². The smallest absolute Gasteiger partial charge is 0.258 e. The topological polar surface area (TPSA) is 68.9 Å². The highest BCUT2D eigenvalue weighted by Crippen LogP contribution is 2.31. The zero-order valence-electron chi connectivity index (χ0n) is 10.3. The van der Waals surface area contributed by atoms with Gasteiger partial charge >= 0.3 is 0 Å². The summed E-state index contributed by atoms with van der Waals surface area (Å²) in [5.41, 5.74) is 1.22. The maximum absolute atomic E-state index is 11.1. The molecule has 0 bridgehead atoms. The number of hydrogen-bond acceptors (Lipinski definition) is 4. The summed E-state index contributed by atoms with van der Waals surface area (Å²) in [6, 6.07) is 3.38. The molecule has 1 aromatic carbocycles. The van der Waals surface area contributed by atoms with Gasteiger partial charge in [0.2, 0.25) is 0 Å². The fraction of sp³-hybridized carbons (Fsp3) is 0.333. The molecule has 0 aliphatic heterocycles. The number of benzene rings is 1. The molecule has 18 heavy (non-hydrogen) atoms. The lowest BCUT2D eigenvalue weighted by molar-refractivity contribution is -0.383. The summed E-state index contributed by atoms with van der Waals surface area (Å²) in [6.45, 7) is 5.72. The van der Waals surface area contributed by atoms with Gasteiger partial charge < -0.3 is 0 Å². The molecule has 0 atom stereocenters. The van der Waals surface area contributed by atoms with E-state index in [1.165, 1.54) is 6.07 Å². The van der Waals surface area contributed by atoms with Gasteiger partial charge in [-0.2, -0.15) is 0 Å². The third kappa shape index (κ3) is 2.20. The molecule has 94 valence electrons. The van der Waals surface area contributed by atoms with Crippen molar-refractivity contribution in [3.63, 3.8) is 0 Å². The van der Waals surface area contributed by atoms with E-state index in [1.54, 1.807) is 0 Å². The Hall–Kier alpha value is -1.56. The van der Waals surface area contributed by atoms with Gasteiger partial charge in [0.1, 0.15) is 10.4 Å². The third-order valence-electron chi connectivity index (χ3n) is 2.61. The first-order chi connectivity index (χ1) is 8.40. The fourth-order valence-corrected chi connectivity index (χ4v) is 2.22. The summed E-state index contributed by atoms with van der Waals surface area (Å²) in [6.07, 6.45) is 0. The number of aromatic nitrogens is 2. The lowest BCUT2D eigenvalue weighted by atomic mass is 10.1. The Morgan fingerprint density at radius 3 is 2.56 bits per heavy atom. The number of hydrogen-bond donors (Lipinski definition) is 0. The van der Waals surface area contributed by atoms with Crippen LogP contribution in [0.5, 0.6) is 0 Å². The Kier molecular flexibility index (Phi) is 3.30. The molecule has 0 aliphatic rings. The third-order valence-corrected chi connectivity index (χ3v) is 3.21. The standard InChI is InChI=1S/C12H12BrN3O2/c1-6(2)12-14-10-8(11(13)15-12)4-7(3)5-9(10)16(17)18/h4-6H,1-3H3. The van der Waals surface area contributed by atoms with E-state index in [0.29, 0.717) is 21.3 Å². The molecular weight excluding hydrogens is 298 g/mol. The summed E-state index contributed by atoms with van der Waals surface area (Å²) in [7, 11) is 0. The molecule has 2 rings (SSSR count). The van der Waals surface area contributed by atoms with Crippen molar-refractivity contribution in [1.82, 2.24) is 9.97 Å². The summed E-state index contributed by atoms with van der Waals surface area (Å²) in [4.78, 5) is 19.3. The van der Waals surface area contributed by atoms with Crippen molar-refractivity contribution >= 4 is 32.5 Å². The molecule has 0 unspecified atom stereocenters. The predicted molar refractivity (Wildman–Crippen MR) is 72.7 cm³/mol. The van der Waals surface area contributed by atoms with Crippen molar-refractivity contribution < 1.29 is 4.92 Å². The first kappa shape index (κ1) is 12.9. The maximum atomic E-state index is 11.1. The molecule has 5 nitrogen and oxygen atoms in total. The maximum Gasteiger partial charge on any atom is 0.295 e. The molecule has 0 N–H and O–H groups in total. The minimum Gasteiger partial charge on any atom is -0.258 e. The normalized spacial score (nSPS) is 11.2. The molecular formula is C12H12BrN3O2. The number of nitro benzene ring substituents is 1. The number of nitrogens with zero attached hydrogens (tertiary/aromatic N) is 3. The first-order valence-corrected chi connectivity index (χ1v) is 6.31. The largest absolute Gasteiger partial charge is 0.295 e. The number of non-ortho nitro benzene ring substituents is 1. The highest BCUT2D eigenvalue weighted by molar-refractivity contribution is 9.10. The van der Waals surface area contributed by atoms with E-state index in [-0.39, 0.29) is 11.6 Å². The summed E-state index contributed by atoms with van der Waals surface area (Å²) in [5, 5.41) is 11.8. The highest BCUT2D eigenvalue weighted by Gasteiger charge is 2.18. The average molecular weight is 310 g/mol. The van der Waals surface area contributed by atoms with Crippen molar-refractivity contribution in [2.24, 2.45) is 0 Å². The Balaban J connectivity index is 2.88. The molecule has 2 aromatic rings. The van der Waals surface area contributed by atoms with Crippen molar-refractivity contribution in [2.45, 2.75) is 26.7 Å². The van der Waals surface area contributed by atoms with Crippen LogP contribution in [-0.4, -0.2) is 14.9 Å².